The Hall–Kier alpha value is -2.70. The van der Waals surface area contributed by atoms with Crippen LogP contribution >= 0.6 is 0 Å². The molecule has 23 heavy (non-hydrogen) atoms. The van der Waals surface area contributed by atoms with Crippen molar-refractivity contribution in [2.24, 2.45) is 0 Å². The molecule has 0 fully saturated rings. The molecule has 120 valence electrons. The predicted molar refractivity (Wildman–Crippen MR) is 86.8 cm³/mol. The molecule has 2 rings (SSSR count). The molecule has 6 nitrogen and oxygen atoms in total. The van der Waals surface area contributed by atoms with Crippen molar-refractivity contribution in [3.8, 4) is 0 Å². The van der Waals surface area contributed by atoms with E-state index < -0.39 is 17.6 Å². The Balaban J connectivity index is 2.06. The summed E-state index contributed by atoms with van der Waals surface area (Å²) in [7, 11) is 0. The number of carbonyl (C=O) groups excluding carboxylic acids is 2. The van der Waals surface area contributed by atoms with Crippen molar-refractivity contribution >= 4 is 23.2 Å². The Bertz CT molecular complexity index is 645. The van der Waals surface area contributed by atoms with Gasteiger partial charge in [0.25, 0.3) is 11.8 Å². The first-order valence-electron chi connectivity index (χ1n) is 7.00. The third kappa shape index (κ3) is 4.15. The largest absolute Gasteiger partial charge is 0.351 e. The van der Waals surface area contributed by atoms with Gasteiger partial charge in [-0.3, -0.25) is 9.59 Å². The summed E-state index contributed by atoms with van der Waals surface area (Å²) in [5.74, 6) is -5.65. The average Bonchev–Trinajstić information content (AvgIpc) is 2.51. The summed E-state index contributed by atoms with van der Waals surface area (Å²) in [6.45, 7) is 3.76. The van der Waals surface area contributed by atoms with Crippen LogP contribution in [0.1, 0.15) is 11.1 Å². The Labute approximate surface area is 133 Å². The molecular weight excluding hydrogens is 296 g/mol. The van der Waals surface area contributed by atoms with Gasteiger partial charge in [-0.15, -0.1) is 0 Å². The lowest BCUT2D eigenvalue weighted by molar-refractivity contribution is -0.184. The highest BCUT2D eigenvalue weighted by molar-refractivity contribution is 6.15. The molecule has 2 amide bonds. The van der Waals surface area contributed by atoms with E-state index in [2.05, 4.69) is 10.6 Å². The number of carbonyl (C=O) groups is 2. The number of hydrogen-bond acceptors (Lipinski definition) is 4. The highest BCUT2D eigenvalue weighted by Gasteiger charge is 2.42. The van der Waals surface area contributed by atoms with Crippen LogP contribution in [0.2, 0.25) is 0 Å². The van der Waals surface area contributed by atoms with Gasteiger partial charge in [0.2, 0.25) is 0 Å². The number of aryl methyl sites for hydroxylation is 2. The molecule has 0 atom stereocenters. The van der Waals surface area contributed by atoms with E-state index in [-0.39, 0.29) is 0 Å². The van der Waals surface area contributed by atoms with Crippen molar-refractivity contribution in [3.05, 3.63) is 59.7 Å². The standard InChI is InChI=1S/C17H18N2O4/c1-11-3-7-13(8-4-11)18-15(20)17(22,23)16(21)19-14-9-5-12(2)6-10-14/h3-10,22-23H,1-2H3,(H,18,20)(H,19,21). The Morgan fingerprint density at radius 3 is 1.35 bits per heavy atom. The molecule has 0 unspecified atom stereocenters. The number of benzene rings is 2. The fraction of sp³-hybridized carbons (Fsp3) is 0.176. The summed E-state index contributed by atoms with van der Waals surface area (Å²) < 4.78 is 0. The van der Waals surface area contributed by atoms with Crippen molar-refractivity contribution in [3.63, 3.8) is 0 Å². The molecule has 0 bridgehead atoms. The molecule has 0 spiro atoms. The minimum atomic E-state index is -3.18. The van der Waals surface area contributed by atoms with Crippen molar-refractivity contribution < 1.29 is 19.8 Å². The lowest BCUT2D eigenvalue weighted by Crippen LogP contribution is -2.52. The van der Waals surface area contributed by atoms with E-state index in [0.29, 0.717) is 11.4 Å². The smallest absolute Gasteiger partial charge is 0.327 e. The summed E-state index contributed by atoms with van der Waals surface area (Å²) >= 11 is 0. The maximum Gasteiger partial charge on any atom is 0.327 e. The van der Waals surface area contributed by atoms with Gasteiger partial charge in [0, 0.05) is 11.4 Å². The summed E-state index contributed by atoms with van der Waals surface area (Å²) in [4.78, 5) is 23.9. The topological polar surface area (TPSA) is 98.7 Å². The van der Waals surface area contributed by atoms with Crippen molar-refractivity contribution in [1.29, 1.82) is 0 Å². The van der Waals surface area contributed by atoms with Crippen LogP contribution in [0, 0.1) is 13.8 Å². The lowest BCUT2D eigenvalue weighted by Gasteiger charge is -2.20. The average molecular weight is 314 g/mol. The van der Waals surface area contributed by atoms with Crippen LogP contribution in [0.4, 0.5) is 11.4 Å². The molecule has 4 N–H and O–H groups in total. The highest BCUT2D eigenvalue weighted by atomic mass is 16.5. The molecule has 0 aliphatic rings. The Kier molecular flexibility index (Phi) is 4.78. The Morgan fingerprint density at radius 1 is 0.739 bits per heavy atom. The number of hydrogen-bond donors (Lipinski definition) is 4. The van der Waals surface area contributed by atoms with Gasteiger partial charge >= 0.3 is 5.79 Å². The quantitative estimate of drug-likeness (QED) is 0.508. The monoisotopic (exact) mass is 314 g/mol. The van der Waals surface area contributed by atoms with Gasteiger partial charge in [0.1, 0.15) is 0 Å². The molecule has 0 heterocycles. The van der Waals surface area contributed by atoms with E-state index >= 15 is 0 Å². The van der Waals surface area contributed by atoms with Crippen LogP contribution in [0.25, 0.3) is 0 Å². The normalized spacial score (nSPS) is 11.0. The van der Waals surface area contributed by atoms with Crippen molar-refractivity contribution in [2.45, 2.75) is 19.6 Å². The Morgan fingerprint density at radius 2 is 1.04 bits per heavy atom. The molecule has 6 heteroatoms. The zero-order valence-corrected chi connectivity index (χ0v) is 12.8. The lowest BCUT2D eigenvalue weighted by atomic mass is 10.2. The second-order valence-electron chi connectivity index (χ2n) is 5.31. The number of rotatable bonds is 4. The second-order valence-corrected chi connectivity index (χ2v) is 5.31. The zero-order valence-electron chi connectivity index (χ0n) is 12.8. The summed E-state index contributed by atoms with van der Waals surface area (Å²) in [5, 5.41) is 24.2. The minimum absolute atomic E-state index is 0.358. The SMILES string of the molecule is Cc1ccc(NC(=O)C(O)(O)C(=O)Nc2ccc(C)cc2)cc1. The van der Waals surface area contributed by atoms with Gasteiger partial charge in [-0.25, -0.2) is 0 Å². The van der Waals surface area contributed by atoms with E-state index in [1.54, 1.807) is 48.5 Å². The number of nitrogens with one attached hydrogen (secondary N) is 2. The summed E-state index contributed by atoms with van der Waals surface area (Å²) in [6.07, 6.45) is 0. The molecule has 0 radical (unpaired) electrons. The maximum absolute atomic E-state index is 11.9. The first kappa shape index (κ1) is 16.7. The third-order valence-electron chi connectivity index (χ3n) is 3.25. The first-order chi connectivity index (χ1) is 10.8. The fourth-order valence-electron chi connectivity index (χ4n) is 1.81. The van der Waals surface area contributed by atoms with E-state index in [9.17, 15) is 19.8 Å². The number of amides is 2. The van der Waals surface area contributed by atoms with Crippen LogP contribution in [0.15, 0.2) is 48.5 Å². The first-order valence-corrected chi connectivity index (χ1v) is 7.00. The van der Waals surface area contributed by atoms with Crippen molar-refractivity contribution in [1.82, 2.24) is 0 Å². The van der Waals surface area contributed by atoms with Gasteiger partial charge in [0.05, 0.1) is 0 Å². The predicted octanol–water partition coefficient (Wildman–Crippen LogP) is 1.56. The van der Waals surface area contributed by atoms with Crippen LogP contribution < -0.4 is 10.6 Å². The summed E-state index contributed by atoms with van der Waals surface area (Å²) in [5.41, 5.74) is 2.69. The number of anilines is 2. The van der Waals surface area contributed by atoms with Crippen LogP contribution in [-0.2, 0) is 9.59 Å². The molecule has 0 aliphatic heterocycles. The second kappa shape index (κ2) is 6.60. The molecule has 2 aromatic carbocycles. The van der Waals surface area contributed by atoms with E-state index in [4.69, 9.17) is 0 Å². The van der Waals surface area contributed by atoms with Crippen molar-refractivity contribution in [2.75, 3.05) is 10.6 Å². The number of aliphatic hydroxyl groups is 2. The van der Waals surface area contributed by atoms with E-state index in [1.165, 1.54) is 0 Å². The minimum Gasteiger partial charge on any atom is -0.351 e. The van der Waals surface area contributed by atoms with Gasteiger partial charge in [0.15, 0.2) is 0 Å². The molecular formula is C17H18N2O4. The fourth-order valence-corrected chi connectivity index (χ4v) is 1.81. The third-order valence-corrected chi connectivity index (χ3v) is 3.25. The maximum atomic E-state index is 11.9. The van der Waals surface area contributed by atoms with E-state index in [1.807, 2.05) is 13.8 Å². The molecule has 0 saturated carbocycles. The molecule has 0 aliphatic carbocycles. The molecule has 2 aromatic rings. The highest BCUT2D eigenvalue weighted by Crippen LogP contribution is 2.14. The van der Waals surface area contributed by atoms with Gasteiger partial charge in [-0.05, 0) is 38.1 Å². The molecule has 0 aromatic heterocycles. The summed E-state index contributed by atoms with van der Waals surface area (Å²) in [6, 6.07) is 13.4. The van der Waals surface area contributed by atoms with Gasteiger partial charge < -0.3 is 20.8 Å². The van der Waals surface area contributed by atoms with E-state index in [0.717, 1.165) is 11.1 Å². The zero-order chi connectivity index (χ0) is 17.0. The molecule has 0 saturated heterocycles. The van der Waals surface area contributed by atoms with Crippen LogP contribution in [0.5, 0.6) is 0 Å². The van der Waals surface area contributed by atoms with Crippen LogP contribution in [0.3, 0.4) is 0 Å². The van der Waals surface area contributed by atoms with Gasteiger partial charge in [-0.1, -0.05) is 35.4 Å². The van der Waals surface area contributed by atoms with Crippen LogP contribution in [-0.4, -0.2) is 27.8 Å². The van der Waals surface area contributed by atoms with Gasteiger partial charge in [-0.2, -0.15) is 0 Å².